The van der Waals surface area contributed by atoms with Crippen molar-refractivity contribution in [3.8, 4) is 22.6 Å². The highest BCUT2D eigenvalue weighted by Crippen LogP contribution is 2.45. The van der Waals surface area contributed by atoms with Crippen molar-refractivity contribution in [1.29, 1.82) is 0 Å². The lowest BCUT2D eigenvalue weighted by atomic mass is 9.79. The summed E-state index contributed by atoms with van der Waals surface area (Å²) in [6.45, 7) is 4.82. The zero-order chi connectivity index (χ0) is 18.8. The minimum absolute atomic E-state index is 0.316. The quantitative estimate of drug-likeness (QED) is 0.757. The Bertz CT molecular complexity index is 930. The van der Waals surface area contributed by atoms with Crippen molar-refractivity contribution < 1.29 is 14.3 Å². The van der Waals surface area contributed by atoms with Crippen LogP contribution >= 0.6 is 0 Å². The van der Waals surface area contributed by atoms with Crippen LogP contribution in [0, 0.1) is 5.92 Å². The zero-order valence-electron chi connectivity index (χ0n) is 16.4. The molecule has 6 rings (SSSR count). The Morgan fingerprint density at radius 2 is 1.82 bits per heavy atom. The van der Waals surface area contributed by atoms with Gasteiger partial charge in [0, 0.05) is 38.1 Å². The standard InChI is InChI=1S/C23H26N2O3/c1-14-19-12-25-8-7-15-3-4-16(17-5-6-22-23(10-17)27-13-26-22)9-18(15)21(25)11-20(19)24(2)28-14/h3-6,9-10,14,19-21H,7-8,11-13H2,1-2H3/t14-,19-,20-,21-/m0/s1. The molecule has 2 aromatic carbocycles. The summed E-state index contributed by atoms with van der Waals surface area (Å²) in [7, 11) is 2.10. The second-order valence-corrected chi connectivity index (χ2v) is 8.57. The first-order valence-electron chi connectivity index (χ1n) is 10.3. The lowest BCUT2D eigenvalue weighted by Crippen LogP contribution is -2.50. The third-order valence-electron chi connectivity index (χ3n) is 7.13. The second kappa shape index (κ2) is 6.21. The molecule has 0 saturated carbocycles. The number of rotatable bonds is 1. The molecule has 28 heavy (non-hydrogen) atoms. The van der Waals surface area contributed by atoms with E-state index in [0.717, 1.165) is 37.4 Å². The number of benzene rings is 2. The topological polar surface area (TPSA) is 34.2 Å². The Morgan fingerprint density at radius 1 is 1.00 bits per heavy atom. The number of ether oxygens (including phenoxy) is 2. The van der Waals surface area contributed by atoms with E-state index in [1.807, 2.05) is 6.07 Å². The fourth-order valence-corrected chi connectivity index (χ4v) is 5.59. The summed E-state index contributed by atoms with van der Waals surface area (Å²) in [4.78, 5) is 8.71. The van der Waals surface area contributed by atoms with E-state index in [4.69, 9.17) is 14.3 Å². The van der Waals surface area contributed by atoms with Gasteiger partial charge in [-0.05, 0) is 60.2 Å². The molecule has 0 amide bonds. The van der Waals surface area contributed by atoms with Crippen molar-refractivity contribution in [2.24, 2.45) is 5.92 Å². The van der Waals surface area contributed by atoms with Gasteiger partial charge in [0.15, 0.2) is 11.5 Å². The molecule has 0 radical (unpaired) electrons. The third kappa shape index (κ3) is 2.50. The van der Waals surface area contributed by atoms with Crippen LogP contribution in [0.25, 0.3) is 11.1 Å². The minimum atomic E-state index is 0.316. The van der Waals surface area contributed by atoms with Gasteiger partial charge in [0.1, 0.15) is 0 Å². The molecule has 2 saturated heterocycles. The fraction of sp³-hybridized carbons (Fsp3) is 0.478. The summed E-state index contributed by atoms with van der Waals surface area (Å²) in [5, 5.41) is 2.11. The molecule has 0 unspecified atom stereocenters. The van der Waals surface area contributed by atoms with Crippen LogP contribution in [0.15, 0.2) is 36.4 Å². The molecular formula is C23H26N2O3. The molecule has 2 aromatic rings. The molecule has 4 atom stereocenters. The van der Waals surface area contributed by atoms with Crippen molar-refractivity contribution in [2.75, 3.05) is 26.9 Å². The van der Waals surface area contributed by atoms with Gasteiger partial charge in [0.2, 0.25) is 6.79 Å². The van der Waals surface area contributed by atoms with Crippen molar-refractivity contribution in [1.82, 2.24) is 9.96 Å². The average molecular weight is 378 g/mol. The van der Waals surface area contributed by atoms with E-state index in [0.29, 0.717) is 30.9 Å². The monoisotopic (exact) mass is 378 g/mol. The van der Waals surface area contributed by atoms with Gasteiger partial charge < -0.3 is 9.47 Å². The largest absolute Gasteiger partial charge is 0.454 e. The number of hydrogen-bond donors (Lipinski definition) is 0. The number of fused-ring (bicyclic) bond motifs is 5. The van der Waals surface area contributed by atoms with Crippen molar-refractivity contribution in [2.45, 2.75) is 38.0 Å². The summed E-state index contributed by atoms with van der Waals surface area (Å²) in [5.74, 6) is 2.29. The van der Waals surface area contributed by atoms with Crippen LogP contribution < -0.4 is 9.47 Å². The number of hydrogen-bond acceptors (Lipinski definition) is 5. The molecule has 0 aliphatic carbocycles. The predicted octanol–water partition coefficient (Wildman–Crippen LogP) is 3.64. The van der Waals surface area contributed by atoms with E-state index >= 15 is 0 Å². The van der Waals surface area contributed by atoms with E-state index in [2.05, 4.69) is 54.3 Å². The lowest BCUT2D eigenvalue weighted by Gasteiger charge is -2.46. The van der Waals surface area contributed by atoms with Crippen LogP contribution in [-0.4, -0.2) is 49.0 Å². The summed E-state index contributed by atoms with van der Waals surface area (Å²) < 4.78 is 11.0. The number of piperidine rings is 1. The van der Waals surface area contributed by atoms with Gasteiger partial charge in [-0.15, -0.1) is 0 Å². The molecule has 4 heterocycles. The molecule has 0 spiro atoms. The van der Waals surface area contributed by atoms with Crippen LogP contribution in [0.5, 0.6) is 11.5 Å². The van der Waals surface area contributed by atoms with Gasteiger partial charge >= 0.3 is 0 Å². The maximum absolute atomic E-state index is 6.02. The lowest BCUT2D eigenvalue weighted by molar-refractivity contribution is -0.140. The van der Waals surface area contributed by atoms with Crippen LogP contribution in [0.2, 0.25) is 0 Å². The highest BCUT2D eigenvalue weighted by atomic mass is 16.7. The Balaban J connectivity index is 1.36. The van der Waals surface area contributed by atoms with Gasteiger partial charge in [0.05, 0.1) is 6.10 Å². The first-order valence-corrected chi connectivity index (χ1v) is 10.3. The molecular weight excluding hydrogens is 352 g/mol. The minimum Gasteiger partial charge on any atom is -0.454 e. The Kier molecular flexibility index (Phi) is 3.73. The zero-order valence-corrected chi connectivity index (χ0v) is 16.4. The van der Waals surface area contributed by atoms with Gasteiger partial charge in [-0.25, -0.2) is 0 Å². The van der Waals surface area contributed by atoms with E-state index in [1.54, 1.807) is 0 Å². The van der Waals surface area contributed by atoms with Crippen molar-refractivity contribution in [3.05, 3.63) is 47.5 Å². The van der Waals surface area contributed by atoms with Gasteiger partial charge in [-0.3, -0.25) is 9.74 Å². The fourth-order valence-electron chi connectivity index (χ4n) is 5.59. The Labute approximate surface area is 165 Å². The van der Waals surface area contributed by atoms with Crippen LogP contribution in [-0.2, 0) is 11.3 Å². The summed E-state index contributed by atoms with van der Waals surface area (Å²) in [6, 6.07) is 14.2. The maximum Gasteiger partial charge on any atom is 0.231 e. The first kappa shape index (κ1) is 16.8. The predicted molar refractivity (Wildman–Crippen MR) is 106 cm³/mol. The number of hydroxylamine groups is 2. The average Bonchev–Trinajstić information content (AvgIpc) is 3.30. The highest BCUT2D eigenvalue weighted by molar-refractivity contribution is 5.69. The smallest absolute Gasteiger partial charge is 0.231 e. The molecule has 0 bridgehead atoms. The summed E-state index contributed by atoms with van der Waals surface area (Å²) >= 11 is 0. The molecule has 5 nitrogen and oxygen atoms in total. The first-order chi connectivity index (χ1) is 13.7. The number of nitrogens with zero attached hydrogens (tertiary/aromatic N) is 2. The van der Waals surface area contributed by atoms with E-state index < -0.39 is 0 Å². The summed E-state index contributed by atoms with van der Waals surface area (Å²) in [6.07, 6.45) is 2.59. The molecule has 0 N–H and O–H groups in total. The highest BCUT2D eigenvalue weighted by Gasteiger charge is 2.47. The van der Waals surface area contributed by atoms with Crippen molar-refractivity contribution in [3.63, 3.8) is 0 Å². The molecule has 5 heteroatoms. The van der Waals surface area contributed by atoms with Gasteiger partial charge in [-0.2, -0.15) is 5.06 Å². The SMILES string of the molecule is C[C@@H]1ON(C)[C@H]2C[C@H]3c4cc(-c5ccc6c(c5)OCO6)ccc4CCN3C[C@@H]12. The van der Waals surface area contributed by atoms with Crippen LogP contribution in [0.4, 0.5) is 0 Å². The maximum atomic E-state index is 6.02. The van der Waals surface area contributed by atoms with Gasteiger partial charge in [-0.1, -0.05) is 18.2 Å². The Morgan fingerprint density at radius 3 is 2.75 bits per heavy atom. The van der Waals surface area contributed by atoms with E-state index in [1.165, 1.54) is 22.3 Å². The second-order valence-electron chi connectivity index (χ2n) is 8.57. The molecule has 0 aromatic heterocycles. The molecule has 2 fully saturated rings. The van der Waals surface area contributed by atoms with Gasteiger partial charge in [0.25, 0.3) is 0 Å². The summed E-state index contributed by atoms with van der Waals surface area (Å²) in [5.41, 5.74) is 5.44. The van der Waals surface area contributed by atoms with Crippen molar-refractivity contribution >= 4 is 0 Å². The molecule has 146 valence electrons. The van der Waals surface area contributed by atoms with Crippen LogP contribution in [0.3, 0.4) is 0 Å². The Hall–Kier alpha value is -2.08. The normalized spacial score (nSPS) is 31.4. The molecule has 4 aliphatic rings. The van der Waals surface area contributed by atoms with E-state index in [-0.39, 0.29) is 0 Å². The van der Waals surface area contributed by atoms with Crippen LogP contribution in [0.1, 0.15) is 30.5 Å². The molecule has 4 aliphatic heterocycles. The third-order valence-corrected chi connectivity index (χ3v) is 7.13. The van der Waals surface area contributed by atoms with E-state index in [9.17, 15) is 0 Å².